The zero-order chi connectivity index (χ0) is 28.3. The Morgan fingerprint density at radius 2 is 1.69 bits per heavy atom. The minimum absolute atomic E-state index is 0.0610. The van der Waals surface area contributed by atoms with Gasteiger partial charge in [0.2, 0.25) is 0 Å². The van der Waals surface area contributed by atoms with Crippen molar-refractivity contribution in [2.75, 3.05) is 43.3 Å². The Hall–Kier alpha value is -2.87. The Kier molecular flexibility index (Phi) is 11.8. The molecule has 0 heterocycles. The van der Waals surface area contributed by atoms with Gasteiger partial charge in [0.25, 0.3) is 5.69 Å². The molecule has 0 bridgehead atoms. The van der Waals surface area contributed by atoms with Crippen molar-refractivity contribution in [3.8, 4) is 5.75 Å². The van der Waals surface area contributed by atoms with E-state index in [1.54, 1.807) is 11.8 Å². The summed E-state index contributed by atoms with van der Waals surface area (Å²) >= 11 is 1.57. The average molecular weight is 573 g/mol. The van der Waals surface area contributed by atoms with Gasteiger partial charge in [0, 0.05) is 55.4 Å². The van der Waals surface area contributed by atoms with Crippen LogP contribution >= 0.6 is 19.4 Å². The van der Waals surface area contributed by atoms with E-state index in [1.165, 1.54) is 24.3 Å². The second kappa shape index (κ2) is 15.1. The number of thioether (sulfide) groups is 1. The number of carbonyl (C=O) groups is 1. The number of nitrogens with zero attached hydrogens (tertiary/aromatic N) is 2. The first kappa shape index (κ1) is 30.7. The SMILES string of the molecule is CCCCCCP(=O)(OCCSCCC(=O)c1ccc2cc(N(C)C)ccc2c1)Oc1ccc([N+](=O)[O-])cc1. The number of hydrogen-bond donors (Lipinski definition) is 0. The highest BCUT2D eigenvalue weighted by molar-refractivity contribution is 7.99. The third-order valence-electron chi connectivity index (χ3n) is 6.23. The van der Waals surface area contributed by atoms with Gasteiger partial charge < -0.3 is 9.42 Å². The molecule has 10 heteroatoms. The number of carbonyl (C=O) groups excluding carboxylic acids is 1. The van der Waals surface area contributed by atoms with Crippen molar-refractivity contribution in [3.63, 3.8) is 0 Å². The van der Waals surface area contributed by atoms with Gasteiger partial charge >= 0.3 is 7.60 Å². The summed E-state index contributed by atoms with van der Waals surface area (Å²) in [6.45, 7) is 2.33. The first-order valence-electron chi connectivity index (χ1n) is 13.2. The van der Waals surface area contributed by atoms with Gasteiger partial charge in [0.05, 0.1) is 17.7 Å². The average Bonchev–Trinajstić information content (AvgIpc) is 2.92. The number of rotatable bonds is 17. The molecule has 39 heavy (non-hydrogen) atoms. The van der Waals surface area contributed by atoms with Crippen molar-refractivity contribution >= 4 is 47.3 Å². The Labute approximate surface area is 234 Å². The Balaban J connectivity index is 1.47. The van der Waals surface area contributed by atoms with Crippen molar-refractivity contribution in [1.29, 1.82) is 0 Å². The molecule has 0 aliphatic heterocycles. The Bertz CT molecular complexity index is 1300. The second-order valence-corrected chi connectivity index (χ2v) is 12.8. The van der Waals surface area contributed by atoms with Gasteiger partial charge in [0.1, 0.15) is 5.75 Å². The fourth-order valence-corrected chi connectivity index (χ4v) is 6.54. The van der Waals surface area contributed by atoms with E-state index in [4.69, 9.17) is 9.05 Å². The van der Waals surface area contributed by atoms with Gasteiger partial charge in [-0.25, -0.2) is 4.57 Å². The van der Waals surface area contributed by atoms with Crippen molar-refractivity contribution in [3.05, 3.63) is 76.3 Å². The van der Waals surface area contributed by atoms with E-state index in [0.29, 0.717) is 29.9 Å². The van der Waals surface area contributed by atoms with E-state index in [9.17, 15) is 19.5 Å². The van der Waals surface area contributed by atoms with Crippen LogP contribution in [0.1, 0.15) is 49.4 Å². The molecular weight excluding hydrogens is 535 g/mol. The van der Waals surface area contributed by atoms with Crippen LogP contribution in [-0.4, -0.2) is 49.1 Å². The lowest BCUT2D eigenvalue weighted by molar-refractivity contribution is -0.384. The molecule has 1 atom stereocenters. The fourth-order valence-electron chi connectivity index (χ4n) is 3.99. The minimum Gasteiger partial charge on any atom is -0.424 e. The van der Waals surface area contributed by atoms with E-state index in [2.05, 4.69) is 13.0 Å². The molecule has 0 aromatic heterocycles. The van der Waals surface area contributed by atoms with Crippen LogP contribution in [0.4, 0.5) is 11.4 Å². The lowest BCUT2D eigenvalue weighted by Gasteiger charge is -2.19. The normalized spacial score (nSPS) is 12.7. The summed E-state index contributed by atoms with van der Waals surface area (Å²) in [5.74, 6) is 1.57. The van der Waals surface area contributed by atoms with Gasteiger partial charge in [-0.1, -0.05) is 44.4 Å². The molecule has 8 nitrogen and oxygen atoms in total. The van der Waals surface area contributed by atoms with E-state index < -0.39 is 12.5 Å². The summed E-state index contributed by atoms with van der Waals surface area (Å²) in [5, 5.41) is 13.0. The quantitative estimate of drug-likeness (QED) is 0.0528. The number of unbranched alkanes of at least 4 members (excludes halogenated alkanes) is 3. The molecule has 0 aliphatic carbocycles. The molecular formula is C29H37N2O6PS. The maximum absolute atomic E-state index is 13.4. The van der Waals surface area contributed by atoms with E-state index in [-0.39, 0.29) is 30.0 Å². The molecule has 210 valence electrons. The molecule has 0 saturated heterocycles. The minimum atomic E-state index is -3.42. The highest BCUT2D eigenvalue weighted by atomic mass is 32.2. The first-order valence-corrected chi connectivity index (χ1v) is 16.1. The number of non-ortho nitro benzene ring substituents is 1. The smallest absolute Gasteiger partial charge is 0.379 e. The monoisotopic (exact) mass is 572 g/mol. The molecule has 0 amide bonds. The third kappa shape index (κ3) is 9.67. The van der Waals surface area contributed by atoms with Crippen LogP contribution in [0.3, 0.4) is 0 Å². The number of Topliss-reactive ketones (excluding diaryl/α,β-unsaturated/α-hetero) is 1. The van der Waals surface area contributed by atoms with Crippen molar-refractivity contribution in [2.24, 2.45) is 0 Å². The molecule has 3 aromatic rings. The summed E-state index contributed by atoms with van der Waals surface area (Å²) in [5.41, 5.74) is 1.75. The largest absolute Gasteiger partial charge is 0.424 e. The molecule has 0 radical (unpaired) electrons. The lowest BCUT2D eigenvalue weighted by Crippen LogP contribution is -2.08. The summed E-state index contributed by atoms with van der Waals surface area (Å²) in [4.78, 5) is 25.2. The summed E-state index contributed by atoms with van der Waals surface area (Å²) in [6, 6.07) is 17.5. The maximum atomic E-state index is 13.4. The van der Waals surface area contributed by atoms with Crippen LogP contribution in [0.5, 0.6) is 5.75 Å². The third-order valence-corrected chi connectivity index (χ3v) is 9.11. The van der Waals surface area contributed by atoms with Crippen LogP contribution in [0.15, 0.2) is 60.7 Å². The number of benzene rings is 3. The van der Waals surface area contributed by atoms with Gasteiger partial charge in [-0.3, -0.25) is 19.4 Å². The molecule has 0 fully saturated rings. The number of anilines is 1. The number of fused-ring (bicyclic) bond motifs is 1. The number of hydrogen-bond acceptors (Lipinski definition) is 8. The van der Waals surface area contributed by atoms with Crippen molar-refractivity contribution in [2.45, 2.75) is 39.0 Å². The molecule has 0 N–H and O–H groups in total. The predicted molar refractivity (Wildman–Crippen MR) is 161 cm³/mol. The van der Waals surface area contributed by atoms with E-state index in [0.717, 1.165) is 35.7 Å². The summed E-state index contributed by atoms with van der Waals surface area (Å²) in [7, 11) is 0.578. The molecule has 0 aliphatic rings. The zero-order valence-electron chi connectivity index (χ0n) is 22.8. The number of nitro groups is 1. The highest BCUT2D eigenvalue weighted by Crippen LogP contribution is 2.49. The maximum Gasteiger partial charge on any atom is 0.379 e. The van der Waals surface area contributed by atoms with Gasteiger partial charge in [0.15, 0.2) is 5.78 Å². The Morgan fingerprint density at radius 3 is 2.38 bits per heavy atom. The molecule has 0 saturated carbocycles. The first-order chi connectivity index (χ1) is 18.7. The van der Waals surface area contributed by atoms with Crippen molar-refractivity contribution < 1.29 is 23.3 Å². The topological polar surface area (TPSA) is 99.0 Å². The molecule has 0 spiro atoms. The van der Waals surface area contributed by atoms with E-state index >= 15 is 0 Å². The highest BCUT2D eigenvalue weighted by Gasteiger charge is 2.26. The van der Waals surface area contributed by atoms with Gasteiger partial charge in [-0.15, -0.1) is 0 Å². The Morgan fingerprint density at radius 1 is 0.974 bits per heavy atom. The standard InChI is InChI=1S/C29H37N2O6PS/c1-4-5-6-7-18-38(35,37-28-14-12-26(13-15-28)31(33)34)36-17-20-39-19-16-29(32)25-9-8-24-22-27(30(2)3)11-10-23(24)21-25/h8-15,21-22H,4-7,16-20H2,1-3H3. The van der Waals surface area contributed by atoms with Crippen LogP contribution in [0.2, 0.25) is 0 Å². The zero-order valence-corrected chi connectivity index (χ0v) is 24.5. The van der Waals surface area contributed by atoms with Crippen molar-refractivity contribution in [1.82, 2.24) is 0 Å². The lowest BCUT2D eigenvalue weighted by atomic mass is 10.0. The van der Waals surface area contributed by atoms with E-state index in [1.807, 2.05) is 49.3 Å². The fraction of sp³-hybridized carbons (Fsp3) is 0.414. The summed E-state index contributed by atoms with van der Waals surface area (Å²) < 4.78 is 24.9. The van der Waals surface area contributed by atoms with Crippen LogP contribution in [0, 0.1) is 10.1 Å². The van der Waals surface area contributed by atoms with Crippen LogP contribution in [-0.2, 0) is 9.09 Å². The summed E-state index contributed by atoms with van der Waals surface area (Å²) in [6.07, 6.45) is 4.42. The number of nitro benzene ring substituents is 1. The van der Waals surface area contributed by atoms with Gasteiger partial charge in [-0.2, -0.15) is 11.8 Å². The predicted octanol–water partition coefficient (Wildman–Crippen LogP) is 7.99. The molecule has 3 aromatic carbocycles. The van der Waals surface area contributed by atoms with Gasteiger partial charge in [-0.05, 0) is 47.5 Å². The second-order valence-electron chi connectivity index (χ2n) is 9.50. The number of ketones is 1. The van der Waals surface area contributed by atoms with Crippen LogP contribution in [0.25, 0.3) is 10.8 Å². The van der Waals surface area contributed by atoms with Crippen LogP contribution < -0.4 is 9.42 Å². The molecule has 3 rings (SSSR count). The molecule has 1 unspecified atom stereocenters.